The van der Waals surface area contributed by atoms with Crippen LogP contribution in [0.3, 0.4) is 0 Å². The van der Waals surface area contributed by atoms with Crippen LogP contribution in [-0.4, -0.2) is 10.7 Å². The van der Waals surface area contributed by atoms with E-state index in [1.54, 1.807) is 0 Å². The van der Waals surface area contributed by atoms with E-state index in [9.17, 15) is 18.3 Å². The summed E-state index contributed by atoms with van der Waals surface area (Å²) in [5.41, 5.74) is -2.63. The Morgan fingerprint density at radius 1 is 1.29 bits per heavy atom. The highest BCUT2D eigenvalue weighted by molar-refractivity contribution is 5.22. The summed E-state index contributed by atoms with van der Waals surface area (Å²) >= 11 is 0. The molecule has 0 heterocycles. The molecule has 0 fully saturated rings. The number of halogens is 3. The Balaban J connectivity index is 3.10. The number of hydrogen-bond acceptors (Lipinski definition) is 1. The lowest BCUT2D eigenvalue weighted by Crippen LogP contribution is -2.40. The minimum absolute atomic E-state index is 0.452. The van der Waals surface area contributed by atoms with Crippen LogP contribution in [0.25, 0.3) is 0 Å². The molecule has 0 aromatic heterocycles. The van der Waals surface area contributed by atoms with Crippen molar-refractivity contribution >= 4 is 0 Å². The Bertz CT molecular complexity index is 311. The van der Waals surface area contributed by atoms with Gasteiger partial charge in [-0.1, -0.05) is 0 Å². The van der Waals surface area contributed by atoms with Crippen molar-refractivity contribution in [1.29, 1.82) is 0 Å². The molecule has 0 saturated carbocycles. The van der Waals surface area contributed by atoms with Gasteiger partial charge in [-0.3, -0.25) is 0 Å². The molecule has 1 aromatic carbocycles. The van der Waals surface area contributed by atoms with Gasteiger partial charge >= 0.3 is 5.92 Å². The molecule has 1 N–H and O–H groups in total. The fourth-order valence-electron chi connectivity index (χ4n) is 0.954. The van der Waals surface area contributed by atoms with Crippen LogP contribution in [0.15, 0.2) is 18.2 Å². The summed E-state index contributed by atoms with van der Waals surface area (Å²) in [6.07, 6.45) is 0. The summed E-state index contributed by atoms with van der Waals surface area (Å²) in [4.78, 5) is 0. The highest BCUT2D eigenvalue weighted by Crippen LogP contribution is 2.38. The van der Waals surface area contributed by atoms with E-state index >= 15 is 0 Å². The number of alkyl halides is 2. The lowest BCUT2D eigenvalue weighted by Gasteiger charge is -2.29. The van der Waals surface area contributed by atoms with Crippen LogP contribution in [0.1, 0.15) is 19.4 Å². The van der Waals surface area contributed by atoms with Crippen molar-refractivity contribution in [3.63, 3.8) is 0 Å². The van der Waals surface area contributed by atoms with Crippen LogP contribution in [0.5, 0.6) is 0 Å². The molecule has 0 aliphatic carbocycles. The third kappa shape index (κ3) is 1.90. The van der Waals surface area contributed by atoms with Crippen LogP contribution in [0.4, 0.5) is 13.2 Å². The highest BCUT2D eigenvalue weighted by atomic mass is 19.3. The predicted molar refractivity (Wildman–Crippen MR) is 45.4 cm³/mol. The molecule has 1 radical (unpaired) electrons. The Morgan fingerprint density at radius 2 is 1.86 bits per heavy atom. The molecular formula is C10H10F3O. The van der Waals surface area contributed by atoms with E-state index in [1.165, 1.54) is 0 Å². The monoisotopic (exact) mass is 203 g/mol. The Morgan fingerprint density at radius 3 is 2.21 bits per heavy atom. The fraction of sp³-hybridized carbons (Fsp3) is 0.400. The summed E-state index contributed by atoms with van der Waals surface area (Å²) in [5, 5.41) is 9.21. The zero-order valence-electron chi connectivity index (χ0n) is 7.81. The summed E-state index contributed by atoms with van der Waals surface area (Å²) in [5.74, 6) is -4.13. The van der Waals surface area contributed by atoms with Gasteiger partial charge in [0.15, 0.2) is 0 Å². The molecule has 0 bridgehead atoms. The van der Waals surface area contributed by atoms with Crippen LogP contribution < -0.4 is 0 Å². The van der Waals surface area contributed by atoms with Gasteiger partial charge in [0.25, 0.3) is 0 Å². The number of aliphatic hydroxyl groups is 1. The molecule has 0 aliphatic rings. The van der Waals surface area contributed by atoms with Gasteiger partial charge < -0.3 is 5.11 Å². The van der Waals surface area contributed by atoms with Crippen molar-refractivity contribution in [3.05, 3.63) is 35.6 Å². The van der Waals surface area contributed by atoms with E-state index < -0.39 is 22.9 Å². The van der Waals surface area contributed by atoms with Crippen molar-refractivity contribution < 1.29 is 18.3 Å². The first-order chi connectivity index (χ1) is 6.25. The molecule has 1 rings (SSSR count). The number of benzene rings is 1. The summed E-state index contributed by atoms with van der Waals surface area (Å²) in [7, 11) is 0. The molecule has 0 saturated heterocycles. The van der Waals surface area contributed by atoms with Crippen LogP contribution in [0.2, 0.25) is 0 Å². The van der Waals surface area contributed by atoms with E-state index in [2.05, 4.69) is 0 Å². The summed E-state index contributed by atoms with van der Waals surface area (Å²) < 4.78 is 39.2. The molecule has 1 aromatic rings. The molecule has 0 unspecified atom stereocenters. The summed E-state index contributed by atoms with van der Waals surface area (Å²) in [6, 6.07) is 4.68. The summed E-state index contributed by atoms with van der Waals surface area (Å²) in [6.45, 7) is 1.99. The zero-order valence-corrected chi connectivity index (χ0v) is 7.81. The molecule has 1 nitrogen and oxygen atoms in total. The predicted octanol–water partition coefficient (Wildman–Crippen LogP) is 2.49. The standard InChI is InChI=1S/C10H10F3O/c1-9(2,14)10(12,13)7-3-5-8(11)6-4-7/h3-5,14H,1-2H3. The lowest BCUT2D eigenvalue weighted by molar-refractivity contribution is -0.168. The van der Waals surface area contributed by atoms with Gasteiger partial charge in [0.1, 0.15) is 11.4 Å². The quantitative estimate of drug-likeness (QED) is 0.782. The van der Waals surface area contributed by atoms with E-state index in [4.69, 9.17) is 0 Å². The van der Waals surface area contributed by atoms with Gasteiger partial charge in [-0.2, -0.15) is 8.78 Å². The first kappa shape index (κ1) is 11.0. The maximum absolute atomic E-state index is 13.4. The Kier molecular flexibility index (Phi) is 2.58. The largest absolute Gasteiger partial charge is 0.384 e. The Hall–Kier alpha value is -1.03. The van der Waals surface area contributed by atoms with Crippen LogP contribution in [0, 0.1) is 11.9 Å². The lowest BCUT2D eigenvalue weighted by atomic mass is 9.94. The minimum Gasteiger partial charge on any atom is -0.384 e. The first-order valence-electron chi connectivity index (χ1n) is 4.03. The van der Waals surface area contributed by atoms with Crippen molar-refractivity contribution in [3.8, 4) is 0 Å². The highest BCUT2D eigenvalue weighted by Gasteiger charge is 2.46. The molecule has 4 heteroatoms. The third-order valence-electron chi connectivity index (χ3n) is 1.91. The molecule has 14 heavy (non-hydrogen) atoms. The molecule has 0 amide bonds. The second kappa shape index (κ2) is 3.28. The first-order valence-corrected chi connectivity index (χ1v) is 4.03. The van der Waals surface area contributed by atoms with E-state index in [0.29, 0.717) is 0 Å². The average molecular weight is 203 g/mol. The van der Waals surface area contributed by atoms with Gasteiger partial charge in [-0.25, -0.2) is 4.39 Å². The van der Waals surface area contributed by atoms with E-state index in [0.717, 1.165) is 32.0 Å². The van der Waals surface area contributed by atoms with Crippen molar-refractivity contribution in [2.75, 3.05) is 0 Å². The maximum Gasteiger partial charge on any atom is 0.300 e. The van der Waals surface area contributed by atoms with E-state index in [1.807, 2.05) is 6.07 Å². The number of hydrogen-bond donors (Lipinski definition) is 1. The second-order valence-electron chi connectivity index (χ2n) is 3.56. The van der Waals surface area contributed by atoms with Crippen molar-refractivity contribution in [1.82, 2.24) is 0 Å². The number of rotatable bonds is 2. The minimum atomic E-state index is -3.42. The van der Waals surface area contributed by atoms with Gasteiger partial charge in [0, 0.05) is 11.6 Å². The zero-order chi connectivity index (χ0) is 11.0. The topological polar surface area (TPSA) is 20.2 Å². The molecule has 0 spiro atoms. The Labute approximate surface area is 80.2 Å². The van der Waals surface area contributed by atoms with Crippen molar-refractivity contribution in [2.45, 2.75) is 25.4 Å². The van der Waals surface area contributed by atoms with Crippen LogP contribution in [-0.2, 0) is 5.92 Å². The fourth-order valence-corrected chi connectivity index (χ4v) is 0.954. The molecule has 77 valence electrons. The van der Waals surface area contributed by atoms with Gasteiger partial charge in [-0.15, -0.1) is 0 Å². The van der Waals surface area contributed by atoms with Crippen LogP contribution >= 0.6 is 0 Å². The molecule has 0 atom stereocenters. The normalized spacial score (nSPS) is 13.0. The van der Waals surface area contributed by atoms with Gasteiger partial charge in [0.05, 0.1) is 0 Å². The van der Waals surface area contributed by atoms with E-state index in [-0.39, 0.29) is 0 Å². The van der Waals surface area contributed by atoms with Crippen molar-refractivity contribution in [2.24, 2.45) is 0 Å². The maximum atomic E-state index is 13.4. The van der Waals surface area contributed by atoms with Gasteiger partial charge in [0.2, 0.25) is 0 Å². The molecular weight excluding hydrogens is 193 g/mol. The average Bonchev–Trinajstić information content (AvgIpc) is 2.03. The van der Waals surface area contributed by atoms with Gasteiger partial charge in [-0.05, 0) is 32.0 Å². The SMILES string of the molecule is CC(C)(O)C(F)(F)c1c[c]c(F)cc1. The molecule has 0 aliphatic heterocycles. The smallest absolute Gasteiger partial charge is 0.300 e. The second-order valence-corrected chi connectivity index (χ2v) is 3.56. The third-order valence-corrected chi connectivity index (χ3v) is 1.91.